The van der Waals surface area contributed by atoms with Crippen LogP contribution in [0.2, 0.25) is 0 Å². The fourth-order valence-corrected chi connectivity index (χ4v) is 5.62. The molecule has 8 unspecified atom stereocenters. The van der Waals surface area contributed by atoms with Gasteiger partial charge in [0, 0.05) is 30.4 Å². The van der Waals surface area contributed by atoms with Crippen LogP contribution in [0.4, 0.5) is 0 Å². The van der Waals surface area contributed by atoms with E-state index >= 15 is 0 Å². The highest BCUT2D eigenvalue weighted by Gasteiger charge is 2.50. The number of benzene rings is 2. The highest BCUT2D eigenvalue weighted by Crippen LogP contribution is 2.55. The Bertz CT molecular complexity index is 1190. The van der Waals surface area contributed by atoms with Crippen molar-refractivity contribution >= 4 is 0 Å². The molecule has 1 fully saturated rings. The largest absolute Gasteiger partial charge is 0.504 e. The van der Waals surface area contributed by atoms with E-state index < -0.39 is 68.0 Å². The molecule has 0 saturated carbocycles. The number of hydrogen-bond donors (Lipinski definition) is 8. The van der Waals surface area contributed by atoms with Crippen LogP contribution in [0.25, 0.3) is 0 Å². The second kappa shape index (κ2) is 11.9. The lowest BCUT2D eigenvalue weighted by molar-refractivity contribution is -0.277. The van der Waals surface area contributed by atoms with Crippen LogP contribution in [0.15, 0.2) is 24.3 Å². The SMILES string of the molecule is COc1cc(C2c3c(cc(OC)c(OC4OC(CO)C(O)C(O)C4O)c3OC)CC(O)(CO)C2CO)ccc1O. The van der Waals surface area contributed by atoms with Crippen LogP contribution in [0.5, 0.6) is 28.7 Å². The first-order valence-corrected chi connectivity index (χ1v) is 12.6. The highest BCUT2D eigenvalue weighted by atomic mass is 16.7. The summed E-state index contributed by atoms with van der Waals surface area (Å²) in [5.41, 5.74) is -0.308. The van der Waals surface area contributed by atoms with E-state index in [1.807, 2.05) is 0 Å². The molecule has 13 heteroatoms. The summed E-state index contributed by atoms with van der Waals surface area (Å²) >= 11 is 0. The molecule has 4 rings (SSSR count). The van der Waals surface area contributed by atoms with E-state index in [2.05, 4.69) is 0 Å². The molecule has 0 radical (unpaired) electrons. The van der Waals surface area contributed by atoms with E-state index in [4.69, 9.17) is 23.7 Å². The fraction of sp³-hybridized carbons (Fsp3) is 0.556. The molecule has 1 aliphatic carbocycles. The maximum absolute atomic E-state index is 11.5. The Labute approximate surface area is 230 Å². The molecule has 0 aromatic heterocycles. The number of methoxy groups -OCH3 is 3. The summed E-state index contributed by atoms with van der Waals surface area (Å²) in [6.07, 6.45) is -7.89. The van der Waals surface area contributed by atoms with Gasteiger partial charge in [0.15, 0.2) is 23.0 Å². The maximum atomic E-state index is 11.5. The molecule has 40 heavy (non-hydrogen) atoms. The van der Waals surface area contributed by atoms with Gasteiger partial charge in [-0.15, -0.1) is 0 Å². The Kier molecular flexibility index (Phi) is 8.97. The molecule has 2 aromatic carbocycles. The molecule has 1 saturated heterocycles. The van der Waals surface area contributed by atoms with Gasteiger partial charge in [0.1, 0.15) is 24.4 Å². The molecular formula is C27H36O13. The molecule has 1 heterocycles. The van der Waals surface area contributed by atoms with Crippen molar-refractivity contribution in [1.29, 1.82) is 0 Å². The first-order valence-electron chi connectivity index (χ1n) is 12.6. The van der Waals surface area contributed by atoms with Gasteiger partial charge in [-0.05, 0) is 29.3 Å². The first kappa shape index (κ1) is 30.1. The number of hydrogen-bond acceptors (Lipinski definition) is 13. The lowest BCUT2D eigenvalue weighted by Gasteiger charge is -2.45. The molecule has 2 aliphatic rings. The zero-order valence-corrected chi connectivity index (χ0v) is 22.3. The third-order valence-electron chi connectivity index (χ3n) is 7.77. The molecular weight excluding hydrogens is 532 g/mol. The molecule has 2 aromatic rings. The lowest BCUT2D eigenvalue weighted by atomic mass is 9.64. The average Bonchev–Trinajstić information content (AvgIpc) is 2.96. The van der Waals surface area contributed by atoms with E-state index in [-0.39, 0.29) is 35.2 Å². The summed E-state index contributed by atoms with van der Waals surface area (Å²) in [7, 11) is 4.07. The van der Waals surface area contributed by atoms with Gasteiger partial charge in [0.2, 0.25) is 12.0 Å². The van der Waals surface area contributed by atoms with Crippen LogP contribution >= 0.6 is 0 Å². The van der Waals surface area contributed by atoms with Gasteiger partial charge in [0.25, 0.3) is 0 Å². The van der Waals surface area contributed by atoms with Crippen LogP contribution in [-0.4, -0.2) is 118 Å². The predicted molar refractivity (Wildman–Crippen MR) is 137 cm³/mol. The third-order valence-corrected chi connectivity index (χ3v) is 7.77. The minimum absolute atomic E-state index is 0.0602. The summed E-state index contributed by atoms with van der Waals surface area (Å²) in [5.74, 6) is -1.66. The number of ether oxygens (including phenoxy) is 5. The molecule has 0 spiro atoms. The topological polar surface area (TPSA) is 208 Å². The number of aromatic hydroxyl groups is 1. The van der Waals surface area contributed by atoms with Gasteiger partial charge in [-0.2, -0.15) is 0 Å². The van der Waals surface area contributed by atoms with E-state index in [0.717, 1.165) is 0 Å². The van der Waals surface area contributed by atoms with Crippen molar-refractivity contribution < 1.29 is 64.5 Å². The summed E-state index contributed by atoms with van der Waals surface area (Å²) in [4.78, 5) is 0. The molecule has 1 aliphatic heterocycles. The van der Waals surface area contributed by atoms with Gasteiger partial charge < -0.3 is 64.5 Å². The smallest absolute Gasteiger partial charge is 0.229 e. The summed E-state index contributed by atoms with van der Waals surface area (Å²) in [5, 5.41) is 82.9. The Balaban J connectivity index is 1.93. The van der Waals surface area contributed by atoms with Crippen molar-refractivity contribution in [3.63, 3.8) is 0 Å². The number of phenolic OH excluding ortho intramolecular Hbond substituents is 1. The normalized spacial score (nSPS) is 31.8. The minimum Gasteiger partial charge on any atom is -0.504 e. The number of rotatable bonds is 9. The predicted octanol–water partition coefficient (Wildman–Crippen LogP) is -1.38. The van der Waals surface area contributed by atoms with Gasteiger partial charge in [-0.3, -0.25) is 0 Å². The van der Waals surface area contributed by atoms with Crippen molar-refractivity contribution in [1.82, 2.24) is 0 Å². The fourth-order valence-electron chi connectivity index (χ4n) is 5.62. The first-order chi connectivity index (χ1) is 19.1. The van der Waals surface area contributed by atoms with Gasteiger partial charge in [-0.1, -0.05) is 6.07 Å². The summed E-state index contributed by atoms with van der Waals surface area (Å²) < 4.78 is 28.1. The van der Waals surface area contributed by atoms with E-state index in [0.29, 0.717) is 16.7 Å². The van der Waals surface area contributed by atoms with Gasteiger partial charge >= 0.3 is 0 Å². The number of aliphatic hydroxyl groups is 7. The molecule has 0 amide bonds. The van der Waals surface area contributed by atoms with Gasteiger partial charge in [-0.25, -0.2) is 0 Å². The van der Waals surface area contributed by atoms with Crippen molar-refractivity contribution in [2.75, 3.05) is 41.2 Å². The second-order valence-electron chi connectivity index (χ2n) is 9.97. The molecule has 222 valence electrons. The van der Waals surface area contributed by atoms with Crippen LogP contribution in [-0.2, 0) is 11.2 Å². The van der Waals surface area contributed by atoms with E-state index in [1.165, 1.54) is 33.5 Å². The van der Waals surface area contributed by atoms with Crippen LogP contribution < -0.4 is 18.9 Å². The van der Waals surface area contributed by atoms with Crippen LogP contribution in [0.1, 0.15) is 22.6 Å². The Morgan fingerprint density at radius 1 is 0.875 bits per heavy atom. The monoisotopic (exact) mass is 568 g/mol. The molecule has 13 nitrogen and oxygen atoms in total. The molecule has 8 atom stereocenters. The lowest BCUT2D eigenvalue weighted by Crippen LogP contribution is -2.60. The van der Waals surface area contributed by atoms with Crippen molar-refractivity contribution in [3.8, 4) is 28.7 Å². The molecule has 0 bridgehead atoms. The summed E-state index contributed by atoms with van der Waals surface area (Å²) in [6, 6.07) is 6.07. The van der Waals surface area contributed by atoms with E-state index in [9.17, 15) is 40.9 Å². The van der Waals surface area contributed by atoms with E-state index in [1.54, 1.807) is 12.1 Å². The van der Waals surface area contributed by atoms with Crippen LogP contribution in [0.3, 0.4) is 0 Å². The second-order valence-corrected chi connectivity index (χ2v) is 9.97. The maximum Gasteiger partial charge on any atom is 0.229 e. The van der Waals surface area contributed by atoms with Crippen molar-refractivity contribution in [3.05, 3.63) is 41.0 Å². The molecule has 8 N–H and O–H groups in total. The Morgan fingerprint density at radius 2 is 1.57 bits per heavy atom. The summed E-state index contributed by atoms with van der Waals surface area (Å²) in [6.45, 7) is -1.87. The Morgan fingerprint density at radius 3 is 2.15 bits per heavy atom. The average molecular weight is 569 g/mol. The standard InChI is InChI=1S/C27H36O13/c1-36-16-6-12(4-5-15(16)31)19-14(9-28)27(35,11-30)8-13-7-17(37-2)24(25(38-3)20(13)19)40-26-23(34)22(33)21(32)18(10-29)39-26/h4-7,14,18-19,21-23,26,28-35H,8-11H2,1-3H3. The van der Waals surface area contributed by atoms with Crippen molar-refractivity contribution in [2.24, 2.45) is 5.92 Å². The van der Waals surface area contributed by atoms with Crippen LogP contribution in [0, 0.1) is 5.92 Å². The van der Waals surface area contributed by atoms with Crippen molar-refractivity contribution in [2.45, 2.75) is 48.6 Å². The number of fused-ring (bicyclic) bond motifs is 1. The van der Waals surface area contributed by atoms with Gasteiger partial charge in [0.05, 0.1) is 40.1 Å². The minimum atomic E-state index is -1.76. The number of phenols is 1. The highest BCUT2D eigenvalue weighted by molar-refractivity contribution is 5.64. The zero-order chi connectivity index (χ0) is 29.4. The number of aliphatic hydroxyl groups excluding tert-OH is 6. The third kappa shape index (κ3) is 5.03. The Hall–Kier alpha value is -2.88. The zero-order valence-electron chi connectivity index (χ0n) is 22.3. The quantitative estimate of drug-likeness (QED) is 0.176.